The van der Waals surface area contributed by atoms with Gasteiger partial charge in [0.05, 0.1) is 12.3 Å². The molecule has 31 heavy (non-hydrogen) atoms. The minimum absolute atomic E-state index is 0. The fourth-order valence-corrected chi connectivity index (χ4v) is 4.58. The van der Waals surface area contributed by atoms with Gasteiger partial charge < -0.3 is 4.74 Å². The maximum absolute atomic E-state index is 11.6. The molecule has 0 aromatic carbocycles. The van der Waals surface area contributed by atoms with Gasteiger partial charge in [-0.2, -0.15) is 0 Å². The Bertz CT molecular complexity index is 374. The number of hydrogen-bond acceptors (Lipinski definition) is 2. The first-order chi connectivity index (χ1) is 14.5. The van der Waals surface area contributed by atoms with E-state index in [2.05, 4.69) is 16.2 Å². The molecule has 4 heteroatoms. The lowest BCUT2D eigenvalue weighted by atomic mass is 10.0. The van der Waals surface area contributed by atoms with Gasteiger partial charge >= 0.3 is 5.97 Å². The molecule has 0 aliphatic carbocycles. The fourth-order valence-electron chi connectivity index (χ4n) is 4.26. The summed E-state index contributed by atoms with van der Waals surface area (Å²) in [5.41, 5.74) is 0. The molecule has 0 aromatic rings. The smallest absolute Gasteiger partial charge is 0.315 e. The second kappa shape index (κ2) is 24.8. The lowest BCUT2D eigenvalue weighted by Crippen LogP contribution is -2.29. The van der Waals surface area contributed by atoms with Crippen LogP contribution in [0.15, 0.2) is 0 Å². The Morgan fingerprint density at radius 2 is 0.871 bits per heavy atom. The van der Waals surface area contributed by atoms with E-state index in [1.165, 1.54) is 136 Å². The van der Waals surface area contributed by atoms with Gasteiger partial charge in [0.25, 0.3) is 0 Å². The van der Waals surface area contributed by atoms with Crippen LogP contribution in [-0.4, -0.2) is 18.2 Å². The highest BCUT2D eigenvalue weighted by molar-refractivity contribution is 7.20. The van der Waals surface area contributed by atoms with Crippen LogP contribution in [0, 0.1) is 0 Å². The molecule has 0 heterocycles. The predicted octanol–water partition coefficient (Wildman–Crippen LogP) is 9.82. The summed E-state index contributed by atoms with van der Waals surface area (Å²) in [7, 11) is 4.13. The Morgan fingerprint density at radius 1 is 0.613 bits per heavy atom. The molecule has 0 saturated carbocycles. The summed E-state index contributed by atoms with van der Waals surface area (Å²) in [6, 6.07) is 0. The predicted molar refractivity (Wildman–Crippen MR) is 145 cm³/mol. The topological polar surface area (TPSA) is 26.3 Å². The molecule has 0 amide bonds. The number of halogens is 1. The van der Waals surface area contributed by atoms with Crippen molar-refractivity contribution in [1.29, 1.82) is 0 Å². The van der Waals surface area contributed by atoms with Gasteiger partial charge in [-0.05, 0) is 13.3 Å². The molecule has 188 valence electrons. The van der Waals surface area contributed by atoms with E-state index < -0.39 is 5.16 Å². The van der Waals surface area contributed by atoms with Crippen LogP contribution in [0.3, 0.4) is 0 Å². The van der Waals surface area contributed by atoms with E-state index in [1.54, 1.807) is 0 Å². The van der Waals surface area contributed by atoms with Crippen LogP contribution in [0.5, 0.6) is 0 Å². The van der Waals surface area contributed by atoms with Crippen molar-refractivity contribution in [2.75, 3.05) is 7.11 Å². The molecule has 0 aliphatic rings. The van der Waals surface area contributed by atoms with Crippen molar-refractivity contribution in [3.63, 3.8) is 0 Å². The largest absolute Gasteiger partial charge is 0.468 e. The van der Waals surface area contributed by atoms with Crippen LogP contribution in [0.2, 0.25) is 0 Å². The molecular weight excluding hydrogens is 423 g/mol. The van der Waals surface area contributed by atoms with Crippen molar-refractivity contribution in [1.82, 2.24) is 0 Å². The van der Waals surface area contributed by atoms with Gasteiger partial charge in [-0.15, -0.1) is 21.6 Å². The number of carbonyl (C=O) groups excluding carboxylic acids is 1. The Labute approximate surface area is 204 Å². The third-order valence-electron chi connectivity index (χ3n) is 6.45. The van der Waals surface area contributed by atoms with Crippen LogP contribution in [0.1, 0.15) is 155 Å². The summed E-state index contributed by atoms with van der Waals surface area (Å²) in [5, 5.41) is -0.400. The minimum Gasteiger partial charge on any atom is -0.468 e. The Morgan fingerprint density at radius 3 is 1.13 bits per heavy atom. The SMILES string of the molecule is CCCCCCCCCCCCCCCCCCCCCCCC(C)(P)C(=O)OC.Cl. The molecule has 0 radical (unpaired) electrons. The molecule has 0 aromatic heterocycles. The number of esters is 1. The van der Waals surface area contributed by atoms with Crippen molar-refractivity contribution in [3.8, 4) is 0 Å². The fraction of sp³-hybridized carbons (Fsp3) is 0.963. The van der Waals surface area contributed by atoms with E-state index in [-0.39, 0.29) is 18.4 Å². The zero-order valence-electron chi connectivity index (χ0n) is 21.4. The molecular formula is C27H56ClO2P. The van der Waals surface area contributed by atoms with Gasteiger partial charge in [-0.3, -0.25) is 4.79 Å². The van der Waals surface area contributed by atoms with Crippen molar-refractivity contribution >= 4 is 27.6 Å². The van der Waals surface area contributed by atoms with E-state index >= 15 is 0 Å². The molecule has 0 aliphatic heterocycles. The monoisotopic (exact) mass is 478 g/mol. The van der Waals surface area contributed by atoms with E-state index in [0.29, 0.717) is 0 Å². The standard InChI is InChI=1S/C27H55O2P.ClH/c1-4-5-6-7-8-9-10-11-12-13-14-15-16-17-18-19-20-21-22-23-24-25-27(2,30)26(28)29-3;/h4-25,30H2,1-3H3;1H. The van der Waals surface area contributed by atoms with E-state index in [1.807, 2.05) is 6.92 Å². The van der Waals surface area contributed by atoms with E-state index in [0.717, 1.165) is 12.8 Å². The minimum atomic E-state index is -0.400. The van der Waals surface area contributed by atoms with Crippen molar-refractivity contribution in [3.05, 3.63) is 0 Å². The van der Waals surface area contributed by atoms with Crippen LogP contribution < -0.4 is 0 Å². The van der Waals surface area contributed by atoms with Crippen LogP contribution in [0.25, 0.3) is 0 Å². The molecule has 0 bridgehead atoms. The highest BCUT2D eigenvalue weighted by Crippen LogP contribution is 2.26. The zero-order chi connectivity index (χ0) is 22.3. The van der Waals surface area contributed by atoms with Gasteiger partial charge in [-0.1, -0.05) is 142 Å². The summed E-state index contributed by atoms with van der Waals surface area (Å²) in [4.78, 5) is 11.6. The Balaban J connectivity index is 0. The Kier molecular flexibility index (Phi) is 26.7. The quantitative estimate of drug-likeness (QED) is 0.0829. The average Bonchev–Trinajstić information content (AvgIpc) is 2.74. The maximum atomic E-state index is 11.6. The van der Waals surface area contributed by atoms with Crippen molar-refractivity contribution in [2.45, 2.75) is 160 Å². The number of hydrogen-bond donors (Lipinski definition) is 0. The number of rotatable bonds is 23. The highest BCUT2D eigenvalue weighted by atomic mass is 35.5. The molecule has 0 N–H and O–H groups in total. The summed E-state index contributed by atoms with van der Waals surface area (Å²) in [6.07, 6.45) is 30.4. The third kappa shape index (κ3) is 23.2. The van der Waals surface area contributed by atoms with Gasteiger partial charge in [0, 0.05) is 0 Å². The molecule has 0 fully saturated rings. The van der Waals surface area contributed by atoms with Crippen molar-refractivity contribution in [2.24, 2.45) is 0 Å². The first-order valence-corrected chi connectivity index (χ1v) is 14.0. The normalized spacial score (nSPS) is 12.9. The van der Waals surface area contributed by atoms with Gasteiger partial charge in [0.1, 0.15) is 0 Å². The second-order valence-corrected chi connectivity index (χ2v) is 11.0. The summed E-state index contributed by atoms with van der Waals surface area (Å²) in [5.74, 6) is -0.110. The van der Waals surface area contributed by atoms with Crippen LogP contribution in [0.4, 0.5) is 0 Å². The summed E-state index contributed by atoms with van der Waals surface area (Å²) in [6.45, 7) is 4.25. The molecule has 2 unspecified atom stereocenters. The van der Waals surface area contributed by atoms with Crippen LogP contribution >= 0.6 is 21.6 Å². The summed E-state index contributed by atoms with van der Waals surface area (Å²) < 4.78 is 4.85. The molecule has 2 atom stereocenters. The Hall–Kier alpha value is 0.190. The number of methoxy groups -OCH3 is 1. The first kappa shape index (κ1) is 33.4. The maximum Gasteiger partial charge on any atom is 0.315 e. The number of ether oxygens (including phenoxy) is 1. The second-order valence-electron chi connectivity index (χ2n) is 9.73. The number of unbranched alkanes of at least 4 members (excludes halogenated alkanes) is 20. The van der Waals surface area contributed by atoms with Crippen molar-refractivity contribution < 1.29 is 9.53 Å². The lowest BCUT2D eigenvalue weighted by Gasteiger charge is -2.20. The zero-order valence-corrected chi connectivity index (χ0v) is 23.3. The van der Waals surface area contributed by atoms with Gasteiger partial charge in [-0.25, -0.2) is 0 Å². The van der Waals surface area contributed by atoms with E-state index in [9.17, 15) is 4.79 Å². The molecule has 0 rings (SSSR count). The number of carbonyl (C=O) groups is 1. The van der Waals surface area contributed by atoms with Crippen LogP contribution in [-0.2, 0) is 9.53 Å². The van der Waals surface area contributed by atoms with E-state index in [4.69, 9.17) is 4.74 Å². The molecule has 0 saturated heterocycles. The third-order valence-corrected chi connectivity index (χ3v) is 6.98. The molecule has 2 nitrogen and oxygen atoms in total. The van der Waals surface area contributed by atoms with Gasteiger partial charge in [0.2, 0.25) is 0 Å². The van der Waals surface area contributed by atoms with Gasteiger partial charge in [0.15, 0.2) is 0 Å². The highest BCUT2D eigenvalue weighted by Gasteiger charge is 2.27. The molecule has 0 spiro atoms. The lowest BCUT2D eigenvalue weighted by molar-refractivity contribution is -0.143. The average molecular weight is 479 g/mol. The summed E-state index contributed by atoms with van der Waals surface area (Å²) >= 11 is 0. The first-order valence-electron chi connectivity index (χ1n) is 13.4.